The second-order valence-electron chi connectivity index (χ2n) is 4.66. The zero-order valence-corrected chi connectivity index (χ0v) is 11.2. The van der Waals surface area contributed by atoms with Crippen molar-refractivity contribution in [3.63, 3.8) is 0 Å². The van der Waals surface area contributed by atoms with Crippen molar-refractivity contribution in [1.82, 2.24) is 0 Å². The number of unbranched alkanes of at least 4 members (excludes halogenated alkanes) is 2. The molecule has 0 bridgehead atoms. The number of benzene rings is 1. The van der Waals surface area contributed by atoms with Crippen LogP contribution in [-0.4, -0.2) is 17.1 Å². The Balaban J connectivity index is 2.77. The minimum absolute atomic E-state index is 0.00755. The fourth-order valence-corrected chi connectivity index (χ4v) is 1.86. The molecule has 0 heterocycles. The molecule has 0 fully saturated rings. The van der Waals surface area contributed by atoms with E-state index in [0.717, 1.165) is 31.7 Å². The molecule has 0 aromatic heterocycles. The van der Waals surface area contributed by atoms with Crippen molar-refractivity contribution in [2.75, 3.05) is 5.32 Å². The molecule has 0 spiro atoms. The van der Waals surface area contributed by atoms with Crippen LogP contribution < -0.4 is 5.32 Å². The maximum atomic E-state index is 13.5. The molecule has 1 atom stereocenters. The Hall–Kier alpha value is -1.65. The van der Waals surface area contributed by atoms with Crippen LogP contribution in [0.1, 0.15) is 49.9 Å². The number of hydrogen-bond donors (Lipinski definition) is 2. The van der Waals surface area contributed by atoms with Crippen LogP contribution in [0.4, 0.5) is 14.5 Å². The van der Waals surface area contributed by atoms with Crippen LogP contribution in [-0.2, 0) is 0 Å². The largest absolute Gasteiger partial charge is 0.478 e. The number of rotatable bonds is 7. The summed E-state index contributed by atoms with van der Waals surface area (Å²) in [6.45, 7) is 3.98. The summed E-state index contributed by atoms with van der Waals surface area (Å²) in [7, 11) is 0. The first-order chi connectivity index (χ1) is 8.95. The highest BCUT2D eigenvalue weighted by Crippen LogP contribution is 2.21. The number of nitrogens with one attached hydrogen (secondary N) is 1. The molecular formula is C14H19F2NO2. The van der Waals surface area contributed by atoms with Gasteiger partial charge >= 0.3 is 5.97 Å². The summed E-state index contributed by atoms with van der Waals surface area (Å²) < 4.78 is 26.8. The Labute approximate surface area is 111 Å². The van der Waals surface area contributed by atoms with Gasteiger partial charge in [-0.2, -0.15) is 0 Å². The Morgan fingerprint density at radius 3 is 2.58 bits per heavy atom. The highest BCUT2D eigenvalue weighted by molar-refractivity contribution is 5.89. The number of anilines is 1. The molecule has 3 nitrogen and oxygen atoms in total. The van der Waals surface area contributed by atoms with E-state index in [2.05, 4.69) is 12.2 Å². The van der Waals surface area contributed by atoms with E-state index in [0.29, 0.717) is 6.07 Å². The van der Waals surface area contributed by atoms with Gasteiger partial charge in [0.25, 0.3) is 0 Å². The van der Waals surface area contributed by atoms with Gasteiger partial charge in [-0.05, 0) is 19.4 Å². The lowest BCUT2D eigenvalue weighted by atomic mass is 10.1. The van der Waals surface area contributed by atoms with E-state index in [1.807, 2.05) is 6.92 Å². The topological polar surface area (TPSA) is 49.3 Å². The highest BCUT2D eigenvalue weighted by atomic mass is 19.1. The number of aromatic carboxylic acids is 1. The molecule has 1 aromatic rings. The van der Waals surface area contributed by atoms with Crippen molar-refractivity contribution in [2.45, 2.75) is 45.6 Å². The van der Waals surface area contributed by atoms with Crippen LogP contribution in [0.5, 0.6) is 0 Å². The fraction of sp³-hybridized carbons (Fsp3) is 0.500. The third-order valence-corrected chi connectivity index (χ3v) is 2.93. The normalized spacial score (nSPS) is 12.2. The van der Waals surface area contributed by atoms with Gasteiger partial charge in [-0.15, -0.1) is 0 Å². The highest BCUT2D eigenvalue weighted by Gasteiger charge is 2.16. The summed E-state index contributed by atoms with van der Waals surface area (Å²) in [5.41, 5.74) is -0.493. The molecule has 0 aliphatic rings. The lowest BCUT2D eigenvalue weighted by molar-refractivity contribution is 0.0692. The van der Waals surface area contributed by atoms with Gasteiger partial charge in [-0.3, -0.25) is 0 Å². The monoisotopic (exact) mass is 271 g/mol. The van der Waals surface area contributed by atoms with Gasteiger partial charge in [0.05, 0.1) is 11.3 Å². The average Bonchev–Trinajstić information content (AvgIpc) is 2.32. The van der Waals surface area contributed by atoms with Gasteiger partial charge in [0.2, 0.25) is 0 Å². The Bertz CT molecular complexity index is 449. The van der Waals surface area contributed by atoms with Crippen molar-refractivity contribution in [1.29, 1.82) is 0 Å². The van der Waals surface area contributed by atoms with E-state index in [1.54, 1.807) is 0 Å². The Morgan fingerprint density at radius 2 is 2.00 bits per heavy atom. The van der Waals surface area contributed by atoms with Crippen LogP contribution in [0.25, 0.3) is 0 Å². The van der Waals surface area contributed by atoms with Gasteiger partial charge in [0.15, 0.2) is 0 Å². The Morgan fingerprint density at radius 1 is 1.32 bits per heavy atom. The molecule has 106 valence electrons. The number of carboxylic acids is 1. The van der Waals surface area contributed by atoms with Crippen molar-refractivity contribution in [3.05, 3.63) is 29.3 Å². The first-order valence-corrected chi connectivity index (χ1v) is 6.44. The molecule has 0 aliphatic carbocycles. The van der Waals surface area contributed by atoms with Crippen molar-refractivity contribution >= 4 is 11.7 Å². The number of hydrogen-bond acceptors (Lipinski definition) is 2. The lowest BCUT2D eigenvalue weighted by Gasteiger charge is -2.16. The third kappa shape index (κ3) is 4.50. The number of halogens is 2. The third-order valence-electron chi connectivity index (χ3n) is 2.93. The minimum atomic E-state index is -1.40. The van der Waals surface area contributed by atoms with E-state index in [4.69, 9.17) is 5.11 Å². The molecule has 0 saturated heterocycles. The molecule has 1 rings (SSSR count). The molecule has 19 heavy (non-hydrogen) atoms. The van der Waals surface area contributed by atoms with Crippen LogP contribution >= 0.6 is 0 Å². The van der Waals surface area contributed by atoms with Crippen molar-refractivity contribution in [3.8, 4) is 0 Å². The molecule has 0 saturated carbocycles. The second-order valence-corrected chi connectivity index (χ2v) is 4.66. The molecule has 0 radical (unpaired) electrons. The van der Waals surface area contributed by atoms with E-state index >= 15 is 0 Å². The standard InChI is InChI=1S/C14H19F2NO2/c1-3-4-5-6-9(2)17-13-7-10(14(18)19)11(15)8-12(13)16/h7-9,17H,3-6H2,1-2H3,(H,18,19). The zero-order valence-electron chi connectivity index (χ0n) is 11.2. The molecular weight excluding hydrogens is 252 g/mol. The van der Waals surface area contributed by atoms with Gasteiger partial charge in [0, 0.05) is 12.1 Å². The first-order valence-electron chi connectivity index (χ1n) is 6.44. The van der Waals surface area contributed by atoms with E-state index in [-0.39, 0.29) is 11.7 Å². The summed E-state index contributed by atoms with van der Waals surface area (Å²) in [5.74, 6) is -3.24. The number of carbonyl (C=O) groups is 1. The quantitative estimate of drug-likeness (QED) is 0.736. The fourth-order valence-electron chi connectivity index (χ4n) is 1.86. The molecule has 0 amide bonds. The molecule has 5 heteroatoms. The predicted molar refractivity (Wildman–Crippen MR) is 70.5 cm³/mol. The van der Waals surface area contributed by atoms with E-state index in [9.17, 15) is 13.6 Å². The van der Waals surface area contributed by atoms with Gasteiger partial charge in [-0.1, -0.05) is 26.2 Å². The Kier molecular flexibility index (Phi) is 5.73. The number of carboxylic acid groups (broad SMARTS) is 1. The predicted octanol–water partition coefficient (Wildman–Crippen LogP) is 4.04. The van der Waals surface area contributed by atoms with Gasteiger partial charge < -0.3 is 10.4 Å². The first kappa shape index (κ1) is 15.4. The molecule has 2 N–H and O–H groups in total. The summed E-state index contributed by atoms with van der Waals surface area (Å²) in [6, 6.07) is 1.61. The maximum Gasteiger partial charge on any atom is 0.338 e. The van der Waals surface area contributed by atoms with E-state index in [1.165, 1.54) is 0 Å². The van der Waals surface area contributed by atoms with Crippen molar-refractivity contribution in [2.24, 2.45) is 0 Å². The van der Waals surface area contributed by atoms with Gasteiger partial charge in [-0.25, -0.2) is 13.6 Å². The molecule has 1 aromatic carbocycles. The lowest BCUT2D eigenvalue weighted by Crippen LogP contribution is -2.17. The minimum Gasteiger partial charge on any atom is -0.478 e. The van der Waals surface area contributed by atoms with Crippen LogP contribution in [0.3, 0.4) is 0 Å². The summed E-state index contributed by atoms with van der Waals surface area (Å²) in [4.78, 5) is 10.8. The summed E-state index contributed by atoms with van der Waals surface area (Å²) in [5, 5.41) is 11.7. The summed E-state index contributed by atoms with van der Waals surface area (Å²) >= 11 is 0. The summed E-state index contributed by atoms with van der Waals surface area (Å²) in [6.07, 6.45) is 4.06. The van der Waals surface area contributed by atoms with Crippen LogP contribution in [0, 0.1) is 11.6 Å². The smallest absolute Gasteiger partial charge is 0.338 e. The zero-order chi connectivity index (χ0) is 14.4. The van der Waals surface area contributed by atoms with Crippen LogP contribution in [0.2, 0.25) is 0 Å². The maximum absolute atomic E-state index is 13.5. The molecule has 1 unspecified atom stereocenters. The van der Waals surface area contributed by atoms with E-state index < -0.39 is 23.2 Å². The average molecular weight is 271 g/mol. The second kappa shape index (κ2) is 7.07. The SMILES string of the molecule is CCCCCC(C)Nc1cc(C(=O)O)c(F)cc1F. The van der Waals surface area contributed by atoms with Gasteiger partial charge in [0.1, 0.15) is 11.6 Å². The molecule has 0 aliphatic heterocycles. The van der Waals surface area contributed by atoms with Crippen molar-refractivity contribution < 1.29 is 18.7 Å². The van der Waals surface area contributed by atoms with Crippen LogP contribution in [0.15, 0.2) is 12.1 Å².